The van der Waals surface area contributed by atoms with Gasteiger partial charge in [0, 0.05) is 18.0 Å². The third kappa shape index (κ3) is 3.62. The van der Waals surface area contributed by atoms with E-state index in [9.17, 15) is 0 Å². The molecule has 0 aliphatic carbocycles. The summed E-state index contributed by atoms with van der Waals surface area (Å²) in [7, 11) is 0. The number of aromatic nitrogens is 1. The topological polar surface area (TPSA) is 48.1 Å². The van der Waals surface area contributed by atoms with Crippen LogP contribution in [0.5, 0.6) is 5.75 Å². The predicted octanol–water partition coefficient (Wildman–Crippen LogP) is 1.97. The molecular formula is C15H14N2O. The van der Waals surface area contributed by atoms with Crippen molar-refractivity contribution in [1.29, 1.82) is 0 Å². The second-order valence-corrected chi connectivity index (χ2v) is 3.67. The predicted molar refractivity (Wildman–Crippen MR) is 70.9 cm³/mol. The number of hydrogen-bond donors (Lipinski definition) is 1. The Kier molecular flexibility index (Phi) is 4.34. The zero-order chi connectivity index (χ0) is 12.6. The van der Waals surface area contributed by atoms with Crippen molar-refractivity contribution >= 4 is 0 Å². The van der Waals surface area contributed by atoms with Crippen LogP contribution in [0.4, 0.5) is 0 Å². The van der Waals surface area contributed by atoms with Crippen molar-refractivity contribution in [3.05, 3.63) is 59.9 Å². The maximum atomic E-state index is 5.65. The summed E-state index contributed by atoms with van der Waals surface area (Å²) in [6.45, 7) is 0.913. The zero-order valence-electron chi connectivity index (χ0n) is 9.97. The lowest BCUT2D eigenvalue weighted by Crippen LogP contribution is -1.95. The fourth-order valence-corrected chi connectivity index (χ4v) is 1.43. The number of ether oxygens (including phenoxy) is 1. The molecule has 18 heavy (non-hydrogen) atoms. The van der Waals surface area contributed by atoms with Crippen LogP contribution >= 0.6 is 0 Å². The minimum absolute atomic E-state index is 0.375. The Balaban J connectivity index is 1.94. The van der Waals surface area contributed by atoms with E-state index in [0.29, 0.717) is 13.2 Å². The lowest BCUT2D eigenvalue weighted by Gasteiger charge is -2.05. The first kappa shape index (κ1) is 12.2. The summed E-state index contributed by atoms with van der Waals surface area (Å²) in [5.41, 5.74) is 7.35. The molecule has 2 rings (SSSR count). The fraction of sp³-hybridized carbons (Fsp3) is 0.133. The summed E-state index contributed by atoms with van der Waals surface area (Å²) in [6, 6.07) is 11.5. The molecule has 1 aromatic heterocycles. The minimum atomic E-state index is 0.375. The van der Waals surface area contributed by atoms with E-state index < -0.39 is 0 Å². The number of nitrogens with zero attached hydrogens (tertiary/aromatic N) is 1. The summed E-state index contributed by atoms with van der Waals surface area (Å²) >= 11 is 0. The largest absolute Gasteiger partial charge is 0.489 e. The Morgan fingerprint density at radius 2 is 1.78 bits per heavy atom. The SMILES string of the molecule is NCC#Cc1ccc(OCc2ccncc2)cc1. The van der Waals surface area contributed by atoms with E-state index in [4.69, 9.17) is 10.5 Å². The molecule has 0 saturated heterocycles. The lowest BCUT2D eigenvalue weighted by atomic mass is 10.2. The Labute approximate surface area is 107 Å². The van der Waals surface area contributed by atoms with E-state index in [-0.39, 0.29) is 0 Å². The van der Waals surface area contributed by atoms with Crippen LogP contribution in [0.15, 0.2) is 48.8 Å². The molecule has 0 fully saturated rings. The highest BCUT2D eigenvalue weighted by atomic mass is 16.5. The van der Waals surface area contributed by atoms with Crippen molar-refractivity contribution in [2.75, 3.05) is 6.54 Å². The van der Waals surface area contributed by atoms with Gasteiger partial charge >= 0.3 is 0 Å². The van der Waals surface area contributed by atoms with Gasteiger partial charge in [-0.25, -0.2) is 0 Å². The second-order valence-electron chi connectivity index (χ2n) is 3.67. The molecule has 0 bridgehead atoms. The Bertz CT molecular complexity index is 538. The average Bonchev–Trinajstić information content (AvgIpc) is 2.45. The lowest BCUT2D eigenvalue weighted by molar-refractivity contribution is 0.306. The molecule has 0 spiro atoms. The van der Waals surface area contributed by atoms with E-state index >= 15 is 0 Å². The van der Waals surface area contributed by atoms with Gasteiger partial charge in [0.25, 0.3) is 0 Å². The highest BCUT2D eigenvalue weighted by Gasteiger charge is 1.95. The smallest absolute Gasteiger partial charge is 0.119 e. The van der Waals surface area contributed by atoms with Crippen molar-refractivity contribution < 1.29 is 4.74 Å². The van der Waals surface area contributed by atoms with Gasteiger partial charge in [0.1, 0.15) is 12.4 Å². The molecule has 2 N–H and O–H groups in total. The first-order valence-electron chi connectivity index (χ1n) is 5.69. The van der Waals surface area contributed by atoms with Gasteiger partial charge in [-0.1, -0.05) is 11.8 Å². The summed E-state index contributed by atoms with van der Waals surface area (Å²) in [4.78, 5) is 3.96. The van der Waals surface area contributed by atoms with Crippen LogP contribution in [0.25, 0.3) is 0 Å². The van der Waals surface area contributed by atoms with Crippen molar-refractivity contribution in [1.82, 2.24) is 4.98 Å². The maximum absolute atomic E-state index is 5.65. The van der Waals surface area contributed by atoms with Crippen LogP contribution in [0, 0.1) is 11.8 Å². The van der Waals surface area contributed by atoms with Crippen LogP contribution < -0.4 is 10.5 Å². The second kappa shape index (κ2) is 6.43. The molecule has 0 aliphatic heterocycles. The molecule has 1 aromatic carbocycles. The van der Waals surface area contributed by atoms with Gasteiger partial charge in [-0.05, 0) is 42.0 Å². The van der Waals surface area contributed by atoms with Gasteiger partial charge < -0.3 is 10.5 Å². The fourth-order valence-electron chi connectivity index (χ4n) is 1.43. The minimum Gasteiger partial charge on any atom is -0.489 e. The Morgan fingerprint density at radius 1 is 1.06 bits per heavy atom. The van der Waals surface area contributed by atoms with Gasteiger partial charge in [-0.2, -0.15) is 0 Å². The van der Waals surface area contributed by atoms with Gasteiger partial charge in [0.2, 0.25) is 0 Å². The summed E-state index contributed by atoms with van der Waals surface area (Å²) in [5.74, 6) is 6.60. The van der Waals surface area contributed by atoms with Crippen molar-refractivity contribution in [2.24, 2.45) is 5.73 Å². The van der Waals surface area contributed by atoms with E-state index in [1.807, 2.05) is 36.4 Å². The molecule has 0 unspecified atom stereocenters. The molecule has 1 heterocycles. The molecular weight excluding hydrogens is 224 g/mol. The van der Waals surface area contributed by atoms with Crippen molar-refractivity contribution in [3.8, 4) is 17.6 Å². The maximum Gasteiger partial charge on any atom is 0.119 e. The monoisotopic (exact) mass is 238 g/mol. The summed E-state index contributed by atoms with van der Waals surface area (Å²) in [5, 5.41) is 0. The molecule has 0 radical (unpaired) electrons. The average molecular weight is 238 g/mol. The summed E-state index contributed by atoms with van der Waals surface area (Å²) in [6.07, 6.45) is 3.51. The molecule has 90 valence electrons. The molecule has 0 amide bonds. The van der Waals surface area contributed by atoms with E-state index in [1.165, 1.54) is 0 Å². The third-order valence-electron chi connectivity index (χ3n) is 2.34. The number of pyridine rings is 1. The molecule has 3 heteroatoms. The van der Waals surface area contributed by atoms with Crippen LogP contribution in [-0.2, 0) is 6.61 Å². The first-order chi connectivity index (χ1) is 8.88. The molecule has 2 aromatic rings. The quantitative estimate of drug-likeness (QED) is 0.832. The number of hydrogen-bond acceptors (Lipinski definition) is 3. The molecule has 3 nitrogen and oxygen atoms in total. The number of nitrogens with two attached hydrogens (primary N) is 1. The van der Waals surface area contributed by atoms with Gasteiger partial charge in [-0.3, -0.25) is 4.98 Å². The van der Waals surface area contributed by atoms with Crippen LogP contribution in [0.3, 0.4) is 0 Å². The van der Waals surface area contributed by atoms with E-state index in [1.54, 1.807) is 12.4 Å². The number of benzene rings is 1. The van der Waals surface area contributed by atoms with Crippen LogP contribution in [0.1, 0.15) is 11.1 Å². The van der Waals surface area contributed by atoms with E-state index in [2.05, 4.69) is 16.8 Å². The zero-order valence-corrected chi connectivity index (χ0v) is 9.97. The molecule has 0 aliphatic rings. The summed E-state index contributed by atoms with van der Waals surface area (Å²) < 4.78 is 5.65. The third-order valence-corrected chi connectivity index (χ3v) is 2.34. The highest BCUT2D eigenvalue weighted by Crippen LogP contribution is 2.13. The van der Waals surface area contributed by atoms with Crippen LogP contribution in [0.2, 0.25) is 0 Å². The standard InChI is InChI=1S/C15H14N2O/c16-9-1-2-13-3-5-15(6-4-13)18-12-14-7-10-17-11-8-14/h3-8,10-11H,9,12,16H2. The Morgan fingerprint density at radius 3 is 2.44 bits per heavy atom. The normalized spacial score (nSPS) is 9.39. The number of rotatable bonds is 3. The van der Waals surface area contributed by atoms with E-state index in [0.717, 1.165) is 16.9 Å². The first-order valence-corrected chi connectivity index (χ1v) is 5.69. The molecule has 0 atom stereocenters. The highest BCUT2D eigenvalue weighted by molar-refractivity contribution is 5.38. The van der Waals surface area contributed by atoms with Gasteiger partial charge in [-0.15, -0.1) is 0 Å². The van der Waals surface area contributed by atoms with Crippen molar-refractivity contribution in [2.45, 2.75) is 6.61 Å². The van der Waals surface area contributed by atoms with Crippen molar-refractivity contribution in [3.63, 3.8) is 0 Å². The van der Waals surface area contributed by atoms with Crippen LogP contribution in [-0.4, -0.2) is 11.5 Å². The van der Waals surface area contributed by atoms with Gasteiger partial charge in [0.05, 0.1) is 6.54 Å². The molecule has 0 saturated carbocycles. The Hall–Kier alpha value is -2.31. The van der Waals surface area contributed by atoms with Gasteiger partial charge in [0.15, 0.2) is 0 Å².